The fourth-order valence-corrected chi connectivity index (χ4v) is 1.53. The van der Waals surface area contributed by atoms with E-state index >= 15 is 0 Å². The molecule has 100 valence electrons. The van der Waals surface area contributed by atoms with Crippen molar-refractivity contribution in [2.45, 2.75) is 32.8 Å². The summed E-state index contributed by atoms with van der Waals surface area (Å²) in [7, 11) is 3.14. The number of ether oxygens (including phenoxy) is 3. The minimum Gasteiger partial charge on any atom is -0.493 e. The predicted molar refractivity (Wildman–Crippen MR) is 69.1 cm³/mol. The van der Waals surface area contributed by atoms with E-state index in [-0.39, 0.29) is 12.4 Å². The Balaban J connectivity index is 2.76. The smallest absolute Gasteiger partial charge is 0.310 e. The number of carbonyl (C=O) groups excluding carboxylic acids is 1. The Bertz CT molecular complexity index is 418. The normalized spacial score (nSPS) is 10.9. The first-order valence-electron chi connectivity index (χ1n) is 5.78. The maximum Gasteiger partial charge on any atom is 0.310 e. The minimum absolute atomic E-state index is 0.220. The highest BCUT2D eigenvalue weighted by molar-refractivity contribution is 5.73. The van der Waals surface area contributed by atoms with Crippen LogP contribution in [0.5, 0.6) is 11.5 Å². The van der Waals surface area contributed by atoms with Crippen LogP contribution in [-0.4, -0.2) is 25.8 Å². The van der Waals surface area contributed by atoms with Crippen molar-refractivity contribution in [2.75, 3.05) is 14.2 Å². The van der Waals surface area contributed by atoms with Crippen LogP contribution < -0.4 is 9.47 Å². The highest BCUT2D eigenvalue weighted by Crippen LogP contribution is 2.27. The Morgan fingerprint density at radius 1 is 1.11 bits per heavy atom. The molecule has 4 heteroatoms. The van der Waals surface area contributed by atoms with Crippen molar-refractivity contribution in [1.29, 1.82) is 0 Å². The van der Waals surface area contributed by atoms with Crippen LogP contribution in [0, 0.1) is 0 Å². The second-order valence-electron chi connectivity index (χ2n) is 4.95. The molecule has 0 spiro atoms. The van der Waals surface area contributed by atoms with Crippen molar-refractivity contribution < 1.29 is 19.0 Å². The molecule has 4 nitrogen and oxygen atoms in total. The quantitative estimate of drug-likeness (QED) is 0.773. The molecule has 0 saturated carbocycles. The predicted octanol–water partition coefficient (Wildman–Crippen LogP) is 2.59. The topological polar surface area (TPSA) is 44.8 Å². The van der Waals surface area contributed by atoms with E-state index in [1.54, 1.807) is 26.4 Å². The zero-order valence-electron chi connectivity index (χ0n) is 11.6. The Kier molecular flexibility index (Phi) is 4.59. The molecular formula is C14H20O4. The number of esters is 1. The summed E-state index contributed by atoms with van der Waals surface area (Å²) in [5.74, 6) is 0.999. The van der Waals surface area contributed by atoms with Crippen molar-refractivity contribution in [1.82, 2.24) is 0 Å². The first-order valence-corrected chi connectivity index (χ1v) is 5.78. The summed E-state index contributed by atoms with van der Waals surface area (Å²) in [6.07, 6.45) is 0.220. The third-order valence-electron chi connectivity index (χ3n) is 2.22. The summed E-state index contributed by atoms with van der Waals surface area (Å²) >= 11 is 0. The van der Waals surface area contributed by atoms with Gasteiger partial charge in [-0.05, 0) is 38.5 Å². The number of benzene rings is 1. The molecule has 0 unspecified atom stereocenters. The molecule has 18 heavy (non-hydrogen) atoms. The van der Waals surface area contributed by atoms with Gasteiger partial charge in [-0.15, -0.1) is 0 Å². The molecule has 0 aromatic heterocycles. The Morgan fingerprint density at radius 2 is 1.72 bits per heavy atom. The van der Waals surface area contributed by atoms with E-state index in [4.69, 9.17) is 14.2 Å². The Labute approximate surface area is 108 Å². The fraction of sp³-hybridized carbons (Fsp3) is 0.500. The molecule has 0 saturated heterocycles. The number of hydrogen-bond donors (Lipinski definition) is 0. The minimum atomic E-state index is -0.465. The number of rotatable bonds is 4. The lowest BCUT2D eigenvalue weighted by Crippen LogP contribution is -2.24. The van der Waals surface area contributed by atoms with Crippen LogP contribution in [0.25, 0.3) is 0 Å². The first-order chi connectivity index (χ1) is 8.35. The summed E-state index contributed by atoms with van der Waals surface area (Å²) in [6, 6.07) is 5.38. The highest BCUT2D eigenvalue weighted by atomic mass is 16.6. The van der Waals surface area contributed by atoms with Gasteiger partial charge in [0.15, 0.2) is 11.5 Å². The van der Waals surface area contributed by atoms with Gasteiger partial charge in [0.05, 0.1) is 20.6 Å². The Morgan fingerprint density at radius 3 is 2.22 bits per heavy atom. The molecule has 0 heterocycles. The molecule has 0 N–H and O–H groups in total. The molecule has 0 aliphatic heterocycles. The molecule has 0 bridgehead atoms. The van der Waals surface area contributed by atoms with Crippen LogP contribution in [0.15, 0.2) is 18.2 Å². The molecule has 0 radical (unpaired) electrons. The number of carbonyl (C=O) groups is 1. The molecule has 1 rings (SSSR count). The molecule has 0 amide bonds. The van der Waals surface area contributed by atoms with E-state index < -0.39 is 5.60 Å². The van der Waals surface area contributed by atoms with E-state index in [1.165, 1.54) is 0 Å². The van der Waals surface area contributed by atoms with E-state index in [9.17, 15) is 4.79 Å². The monoisotopic (exact) mass is 252 g/mol. The van der Waals surface area contributed by atoms with Crippen molar-refractivity contribution in [2.24, 2.45) is 0 Å². The van der Waals surface area contributed by atoms with Gasteiger partial charge in [0, 0.05) is 0 Å². The third kappa shape index (κ3) is 4.28. The van der Waals surface area contributed by atoms with Crippen molar-refractivity contribution in [3.8, 4) is 11.5 Å². The summed E-state index contributed by atoms with van der Waals surface area (Å²) in [5, 5.41) is 0. The molecule has 0 atom stereocenters. The second-order valence-corrected chi connectivity index (χ2v) is 4.95. The summed E-state index contributed by atoms with van der Waals surface area (Å²) in [4.78, 5) is 11.7. The molecule has 0 aliphatic carbocycles. The van der Waals surface area contributed by atoms with Crippen LogP contribution in [-0.2, 0) is 16.0 Å². The summed E-state index contributed by atoms with van der Waals surface area (Å²) in [6.45, 7) is 5.54. The maximum atomic E-state index is 11.7. The van der Waals surface area contributed by atoms with Gasteiger partial charge in [-0.25, -0.2) is 0 Å². The van der Waals surface area contributed by atoms with Crippen LogP contribution >= 0.6 is 0 Å². The maximum absolute atomic E-state index is 11.7. The largest absolute Gasteiger partial charge is 0.493 e. The SMILES string of the molecule is COc1ccc(CC(=O)OC(C)(C)C)cc1OC. The van der Waals surface area contributed by atoms with Crippen LogP contribution in [0.4, 0.5) is 0 Å². The van der Waals surface area contributed by atoms with Gasteiger partial charge in [0.2, 0.25) is 0 Å². The number of hydrogen-bond acceptors (Lipinski definition) is 4. The van der Waals surface area contributed by atoms with Crippen molar-refractivity contribution in [3.63, 3.8) is 0 Å². The fourth-order valence-electron chi connectivity index (χ4n) is 1.53. The van der Waals surface area contributed by atoms with Crippen LogP contribution in [0.2, 0.25) is 0 Å². The zero-order valence-corrected chi connectivity index (χ0v) is 11.6. The van der Waals surface area contributed by atoms with Gasteiger partial charge in [-0.1, -0.05) is 6.07 Å². The molecule has 1 aromatic rings. The average Bonchev–Trinajstić information content (AvgIpc) is 2.26. The van der Waals surface area contributed by atoms with E-state index in [0.29, 0.717) is 11.5 Å². The van der Waals surface area contributed by atoms with Crippen LogP contribution in [0.1, 0.15) is 26.3 Å². The lowest BCUT2D eigenvalue weighted by molar-refractivity contribution is -0.153. The van der Waals surface area contributed by atoms with E-state index in [2.05, 4.69) is 0 Å². The number of methoxy groups -OCH3 is 2. The van der Waals surface area contributed by atoms with Crippen LogP contribution in [0.3, 0.4) is 0 Å². The van der Waals surface area contributed by atoms with Gasteiger partial charge >= 0.3 is 5.97 Å². The van der Waals surface area contributed by atoms with Gasteiger partial charge in [0.25, 0.3) is 0 Å². The molecule has 1 aromatic carbocycles. The third-order valence-corrected chi connectivity index (χ3v) is 2.22. The van der Waals surface area contributed by atoms with E-state index in [0.717, 1.165) is 5.56 Å². The molecular weight excluding hydrogens is 232 g/mol. The first kappa shape index (κ1) is 14.4. The Hall–Kier alpha value is -1.71. The zero-order chi connectivity index (χ0) is 13.8. The average molecular weight is 252 g/mol. The summed E-state index contributed by atoms with van der Waals surface area (Å²) < 4.78 is 15.6. The second kappa shape index (κ2) is 5.76. The van der Waals surface area contributed by atoms with Gasteiger partial charge < -0.3 is 14.2 Å². The highest BCUT2D eigenvalue weighted by Gasteiger charge is 2.17. The standard InChI is InChI=1S/C14H20O4/c1-14(2,3)18-13(15)9-10-6-7-11(16-4)12(8-10)17-5/h6-8H,9H2,1-5H3. The lowest BCUT2D eigenvalue weighted by atomic mass is 10.1. The summed E-state index contributed by atoms with van der Waals surface area (Å²) in [5.41, 5.74) is 0.370. The van der Waals surface area contributed by atoms with Crippen molar-refractivity contribution in [3.05, 3.63) is 23.8 Å². The van der Waals surface area contributed by atoms with Crippen molar-refractivity contribution >= 4 is 5.97 Å². The lowest BCUT2D eigenvalue weighted by Gasteiger charge is -2.19. The molecule has 0 fully saturated rings. The van der Waals surface area contributed by atoms with E-state index in [1.807, 2.05) is 26.8 Å². The van der Waals surface area contributed by atoms with Gasteiger partial charge in [-0.2, -0.15) is 0 Å². The van der Waals surface area contributed by atoms with Gasteiger partial charge in [0.1, 0.15) is 5.60 Å². The van der Waals surface area contributed by atoms with Gasteiger partial charge in [-0.3, -0.25) is 4.79 Å². The molecule has 0 aliphatic rings.